The van der Waals surface area contributed by atoms with E-state index in [4.69, 9.17) is 11.6 Å². The second-order valence-electron chi connectivity index (χ2n) is 10.7. The molecule has 0 bridgehead atoms. The predicted octanol–water partition coefficient (Wildman–Crippen LogP) is 6.92. The van der Waals surface area contributed by atoms with Crippen LogP contribution in [0.1, 0.15) is 59.4 Å². The second kappa shape index (κ2) is 10.8. The zero-order valence-electron chi connectivity index (χ0n) is 21.2. The Morgan fingerprint density at radius 1 is 1.06 bits per heavy atom. The minimum absolute atomic E-state index is 0.0442. The molecule has 7 heteroatoms. The van der Waals surface area contributed by atoms with Crippen LogP contribution in [0.5, 0.6) is 0 Å². The number of halogens is 1. The first-order valence-electron chi connectivity index (χ1n) is 12.4. The van der Waals surface area contributed by atoms with Crippen molar-refractivity contribution >= 4 is 29.3 Å². The molecule has 1 aliphatic carbocycles. The van der Waals surface area contributed by atoms with Crippen LogP contribution in [0.4, 0.5) is 0 Å². The summed E-state index contributed by atoms with van der Waals surface area (Å²) in [5, 5.41) is 13.6. The molecule has 1 N–H and O–H groups in total. The largest absolute Gasteiger partial charge is 0.352 e. The van der Waals surface area contributed by atoms with Crippen molar-refractivity contribution in [3.63, 3.8) is 0 Å². The van der Waals surface area contributed by atoms with E-state index in [1.807, 2.05) is 28.8 Å². The first-order chi connectivity index (χ1) is 16.6. The van der Waals surface area contributed by atoms with Crippen LogP contribution >= 0.6 is 23.4 Å². The van der Waals surface area contributed by atoms with Crippen LogP contribution in [0, 0.1) is 11.8 Å². The van der Waals surface area contributed by atoms with E-state index in [1.54, 1.807) is 0 Å². The molecule has 2 aromatic carbocycles. The van der Waals surface area contributed by atoms with Crippen LogP contribution in [-0.4, -0.2) is 32.5 Å². The van der Waals surface area contributed by atoms with Gasteiger partial charge in [0, 0.05) is 22.3 Å². The van der Waals surface area contributed by atoms with Gasteiger partial charge in [-0.1, -0.05) is 95.1 Å². The zero-order chi connectivity index (χ0) is 25.2. The minimum atomic E-state index is 0.0442. The van der Waals surface area contributed by atoms with E-state index in [0.29, 0.717) is 27.8 Å². The van der Waals surface area contributed by atoms with E-state index in [2.05, 4.69) is 74.4 Å². The van der Waals surface area contributed by atoms with Crippen molar-refractivity contribution in [2.24, 2.45) is 11.8 Å². The summed E-state index contributed by atoms with van der Waals surface area (Å²) in [4.78, 5) is 12.8. The van der Waals surface area contributed by atoms with Gasteiger partial charge in [0.05, 0.1) is 5.75 Å². The number of nitrogens with one attached hydrogen (secondary N) is 1. The van der Waals surface area contributed by atoms with Crippen molar-refractivity contribution in [2.75, 3.05) is 5.75 Å². The Labute approximate surface area is 218 Å². The lowest BCUT2D eigenvalue weighted by Gasteiger charge is -2.34. The van der Waals surface area contributed by atoms with Gasteiger partial charge in [0.1, 0.15) is 0 Å². The highest BCUT2D eigenvalue weighted by molar-refractivity contribution is 7.99. The molecule has 3 aromatic rings. The number of hydrogen-bond acceptors (Lipinski definition) is 4. The number of carbonyl (C=O) groups excluding carboxylic acids is 1. The maximum atomic E-state index is 12.8. The Kier molecular flexibility index (Phi) is 7.92. The summed E-state index contributed by atoms with van der Waals surface area (Å²) in [5.74, 6) is 2.22. The molecule has 1 amide bonds. The number of rotatable bonds is 6. The van der Waals surface area contributed by atoms with Gasteiger partial charge in [-0.15, -0.1) is 10.2 Å². The molecule has 4 rings (SSSR count). The van der Waals surface area contributed by atoms with Crippen LogP contribution in [0.3, 0.4) is 0 Å². The third-order valence-electron chi connectivity index (χ3n) is 7.11. The van der Waals surface area contributed by atoms with E-state index in [1.165, 1.54) is 30.2 Å². The Morgan fingerprint density at radius 3 is 2.40 bits per heavy atom. The Balaban J connectivity index is 1.57. The van der Waals surface area contributed by atoms with E-state index in [0.717, 1.165) is 23.5 Å². The standard InChI is InChI=1S/C28H35ClN4OS/c1-18-7-6-8-24(19(18)2)30-25(34)17-35-27-32-31-26(33(27)23-15-13-22(29)14-16-23)20-9-11-21(12-10-20)28(3,4)5/h9-16,18-19,24H,6-8,17H2,1-5H3,(H,30,34)/t18-,19-,24-/m1/s1. The lowest BCUT2D eigenvalue weighted by Crippen LogP contribution is -2.44. The SMILES string of the molecule is C[C@@H]1[C@H](C)CCC[C@H]1NC(=O)CSc1nnc(-c2ccc(C(C)(C)C)cc2)n1-c1ccc(Cl)cc1. The molecule has 0 aliphatic heterocycles. The molecule has 0 spiro atoms. The summed E-state index contributed by atoms with van der Waals surface area (Å²) < 4.78 is 2.01. The van der Waals surface area contributed by atoms with Gasteiger partial charge >= 0.3 is 0 Å². The molecule has 1 aromatic heterocycles. The van der Waals surface area contributed by atoms with Gasteiger partial charge in [-0.3, -0.25) is 9.36 Å². The summed E-state index contributed by atoms with van der Waals surface area (Å²) in [7, 11) is 0. The van der Waals surface area contributed by atoms with Crippen molar-refractivity contribution in [3.05, 3.63) is 59.1 Å². The number of aromatic nitrogens is 3. The lowest BCUT2D eigenvalue weighted by molar-refractivity contribution is -0.120. The van der Waals surface area contributed by atoms with Crippen molar-refractivity contribution < 1.29 is 4.79 Å². The molecule has 0 radical (unpaired) electrons. The fourth-order valence-corrected chi connectivity index (χ4v) is 5.55. The van der Waals surface area contributed by atoms with Crippen molar-refractivity contribution in [1.82, 2.24) is 20.1 Å². The second-order valence-corrected chi connectivity index (χ2v) is 12.1. The molecule has 1 fully saturated rings. The molecule has 0 saturated heterocycles. The van der Waals surface area contributed by atoms with E-state index in [-0.39, 0.29) is 17.4 Å². The van der Waals surface area contributed by atoms with Crippen LogP contribution in [0.15, 0.2) is 53.7 Å². The third kappa shape index (κ3) is 6.10. The topological polar surface area (TPSA) is 59.8 Å². The molecule has 35 heavy (non-hydrogen) atoms. The quantitative estimate of drug-likeness (QED) is 0.366. The van der Waals surface area contributed by atoms with E-state index >= 15 is 0 Å². The number of hydrogen-bond donors (Lipinski definition) is 1. The number of amides is 1. The maximum Gasteiger partial charge on any atom is 0.230 e. The van der Waals surface area contributed by atoms with Crippen LogP contribution in [-0.2, 0) is 10.2 Å². The molecule has 3 atom stereocenters. The summed E-state index contributed by atoms with van der Waals surface area (Å²) in [6.45, 7) is 11.1. The molecule has 1 saturated carbocycles. The summed E-state index contributed by atoms with van der Waals surface area (Å²) in [6.07, 6.45) is 3.47. The van der Waals surface area contributed by atoms with Gasteiger partial charge in [-0.25, -0.2) is 0 Å². The summed E-state index contributed by atoms with van der Waals surface area (Å²) in [6, 6.07) is 16.3. The molecule has 1 heterocycles. The van der Waals surface area contributed by atoms with Crippen molar-refractivity contribution in [3.8, 4) is 17.1 Å². The van der Waals surface area contributed by atoms with Crippen LogP contribution in [0.25, 0.3) is 17.1 Å². The van der Waals surface area contributed by atoms with Gasteiger partial charge in [0.25, 0.3) is 0 Å². The number of carbonyl (C=O) groups is 1. The van der Waals surface area contributed by atoms with Crippen molar-refractivity contribution in [1.29, 1.82) is 0 Å². The Hall–Kier alpha value is -2.31. The first kappa shape index (κ1) is 25.8. The number of benzene rings is 2. The summed E-state index contributed by atoms with van der Waals surface area (Å²) >= 11 is 7.56. The average molecular weight is 511 g/mol. The molecule has 0 unspecified atom stereocenters. The Morgan fingerprint density at radius 2 is 1.74 bits per heavy atom. The number of thioether (sulfide) groups is 1. The highest BCUT2D eigenvalue weighted by Crippen LogP contribution is 2.32. The normalized spacial score (nSPS) is 20.6. The molecule has 5 nitrogen and oxygen atoms in total. The average Bonchev–Trinajstić information content (AvgIpc) is 3.25. The van der Waals surface area contributed by atoms with Crippen LogP contribution in [0.2, 0.25) is 5.02 Å². The smallest absolute Gasteiger partial charge is 0.230 e. The fourth-order valence-electron chi connectivity index (χ4n) is 4.66. The monoisotopic (exact) mass is 510 g/mol. The number of nitrogens with zero attached hydrogens (tertiary/aromatic N) is 3. The highest BCUT2D eigenvalue weighted by atomic mass is 35.5. The van der Waals surface area contributed by atoms with Gasteiger partial charge < -0.3 is 5.32 Å². The molecular formula is C28H35ClN4OS. The van der Waals surface area contributed by atoms with Gasteiger partial charge in [-0.2, -0.15) is 0 Å². The van der Waals surface area contributed by atoms with Gasteiger partial charge in [-0.05, 0) is 53.5 Å². The molecule has 1 aliphatic rings. The summed E-state index contributed by atoms with van der Waals surface area (Å²) in [5.41, 5.74) is 3.22. The highest BCUT2D eigenvalue weighted by Gasteiger charge is 2.28. The molecular weight excluding hydrogens is 476 g/mol. The third-order valence-corrected chi connectivity index (χ3v) is 8.29. The van der Waals surface area contributed by atoms with E-state index in [9.17, 15) is 4.79 Å². The van der Waals surface area contributed by atoms with E-state index < -0.39 is 0 Å². The van der Waals surface area contributed by atoms with Gasteiger partial charge in [0.15, 0.2) is 11.0 Å². The first-order valence-corrected chi connectivity index (χ1v) is 13.7. The zero-order valence-corrected chi connectivity index (χ0v) is 22.8. The van der Waals surface area contributed by atoms with Crippen LogP contribution < -0.4 is 5.32 Å². The fraction of sp³-hybridized carbons (Fsp3) is 0.464. The van der Waals surface area contributed by atoms with Crippen molar-refractivity contribution in [2.45, 2.75) is 70.5 Å². The predicted molar refractivity (Wildman–Crippen MR) is 145 cm³/mol. The molecule has 186 valence electrons. The lowest BCUT2D eigenvalue weighted by atomic mass is 9.78. The minimum Gasteiger partial charge on any atom is -0.352 e. The maximum absolute atomic E-state index is 12.8. The Bertz CT molecular complexity index is 1150. The van der Waals surface area contributed by atoms with Gasteiger partial charge in [0.2, 0.25) is 5.91 Å².